The first-order valence-electron chi connectivity index (χ1n) is 12.5. The van der Waals surface area contributed by atoms with Gasteiger partial charge in [0.05, 0.1) is 11.0 Å². The highest BCUT2D eigenvalue weighted by atomic mass is 16.2. The van der Waals surface area contributed by atoms with E-state index >= 15 is 0 Å². The summed E-state index contributed by atoms with van der Waals surface area (Å²) in [5.41, 5.74) is 2.59. The van der Waals surface area contributed by atoms with Gasteiger partial charge in [-0.25, -0.2) is 4.79 Å². The summed E-state index contributed by atoms with van der Waals surface area (Å²) < 4.78 is 3.24. The molecule has 1 unspecified atom stereocenters. The normalized spacial score (nSPS) is 23.8. The van der Waals surface area contributed by atoms with Crippen molar-refractivity contribution in [1.29, 1.82) is 0 Å². The number of para-hydroxylation sites is 1. The second-order valence-electron chi connectivity index (χ2n) is 10.1. The molecule has 2 amide bonds. The summed E-state index contributed by atoms with van der Waals surface area (Å²) in [4.78, 5) is 39.7. The quantitative estimate of drug-likeness (QED) is 0.676. The molecular weight excluding hydrogens is 418 g/mol. The minimum atomic E-state index is -0.639. The molecule has 5 rings (SSSR count). The highest BCUT2D eigenvalue weighted by Crippen LogP contribution is 2.30. The van der Waals surface area contributed by atoms with Crippen molar-refractivity contribution in [2.75, 3.05) is 26.2 Å². The molecule has 1 atom stereocenters. The Morgan fingerprint density at radius 2 is 1.70 bits per heavy atom. The van der Waals surface area contributed by atoms with E-state index in [0.29, 0.717) is 6.42 Å². The van der Waals surface area contributed by atoms with Crippen molar-refractivity contribution in [1.82, 2.24) is 24.7 Å². The van der Waals surface area contributed by atoms with E-state index in [1.165, 1.54) is 45.2 Å². The number of hydrogen-bond donors (Lipinski definition) is 2. The van der Waals surface area contributed by atoms with Gasteiger partial charge in [0.2, 0.25) is 11.8 Å². The number of imide groups is 1. The molecule has 0 spiro atoms. The molecule has 1 aromatic carbocycles. The highest BCUT2D eigenvalue weighted by Gasteiger charge is 2.32. The number of aromatic nitrogens is 2. The van der Waals surface area contributed by atoms with Crippen LogP contribution >= 0.6 is 0 Å². The molecule has 8 heteroatoms. The van der Waals surface area contributed by atoms with E-state index in [1.807, 2.05) is 12.1 Å². The third-order valence-electron chi connectivity index (χ3n) is 7.93. The zero-order chi connectivity index (χ0) is 22.9. The van der Waals surface area contributed by atoms with Gasteiger partial charge >= 0.3 is 5.69 Å². The van der Waals surface area contributed by atoms with Crippen molar-refractivity contribution >= 4 is 22.8 Å². The monoisotopic (exact) mass is 453 g/mol. The first-order chi connectivity index (χ1) is 16.0. The first kappa shape index (κ1) is 22.3. The molecule has 0 radical (unpaired) electrons. The van der Waals surface area contributed by atoms with E-state index in [0.717, 1.165) is 48.1 Å². The van der Waals surface area contributed by atoms with Gasteiger partial charge in [-0.15, -0.1) is 0 Å². The molecule has 1 aromatic heterocycles. The number of nitrogens with zero attached hydrogens (tertiary/aromatic N) is 3. The number of fused-ring (bicyclic) bond motifs is 1. The van der Waals surface area contributed by atoms with Gasteiger partial charge < -0.3 is 5.32 Å². The van der Waals surface area contributed by atoms with E-state index in [4.69, 9.17) is 0 Å². The molecule has 8 nitrogen and oxygen atoms in total. The second kappa shape index (κ2) is 9.43. The highest BCUT2D eigenvalue weighted by molar-refractivity contribution is 6.00. The Kier molecular flexibility index (Phi) is 6.38. The number of imidazole rings is 1. The number of carbonyl (C=O) groups excluding carboxylic acids is 2. The van der Waals surface area contributed by atoms with Crippen LogP contribution in [0.3, 0.4) is 0 Å². The van der Waals surface area contributed by atoms with E-state index in [2.05, 4.69) is 21.6 Å². The molecule has 2 aromatic rings. The Balaban J connectivity index is 1.31. The van der Waals surface area contributed by atoms with Gasteiger partial charge in [0.1, 0.15) is 6.04 Å². The third-order valence-corrected chi connectivity index (χ3v) is 7.93. The van der Waals surface area contributed by atoms with Gasteiger partial charge in [-0.05, 0) is 88.2 Å². The average molecular weight is 454 g/mol. The zero-order valence-corrected chi connectivity index (χ0v) is 19.5. The molecule has 3 saturated heterocycles. The molecule has 0 aliphatic carbocycles. The molecule has 2 N–H and O–H groups in total. The summed E-state index contributed by atoms with van der Waals surface area (Å²) in [5.74, 6) is 1.06. The number of piperidine rings is 3. The number of amides is 2. The number of hydrogen-bond acceptors (Lipinski definition) is 5. The van der Waals surface area contributed by atoms with Crippen LogP contribution in [0, 0.1) is 11.8 Å². The van der Waals surface area contributed by atoms with Crippen LogP contribution in [-0.4, -0.2) is 52.0 Å². The average Bonchev–Trinajstić information content (AvgIpc) is 3.07. The lowest BCUT2D eigenvalue weighted by Crippen LogP contribution is -2.44. The molecule has 3 aliphatic heterocycles. The van der Waals surface area contributed by atoms with E-state index in [9.17, 15) is 14.4 Å². The number of likely N-dealkylation sites (tertiary alicyclic amines) is 1. The number of carbonyl (C=O) groups is 2. The van der Waals surface area contributed by atoms with Crippen LogP contribution in [0.25, 0.3) is 11.0 Å². The van der Waals surface area contributed by atoms with E-state index in [1.54, 1.807) is 16.2 Å². The van der Waals surface area contributed by atoms with Crippen LogP contribution in [0.15, 0.2) is 23.0 Å². The van der Waals surface area contributed by atoms with E-state index in [-0.39, 0.29) is 23.9 Å². The summed E-state index contributed by atoms with van der Waals surface area (Å²) in [6.07, 6.45) is 7.12. The summed E-state index contributed by atoms with van der Waals surface area (Å²) in [7, 11) is 1.78. The topological polar surface area (TPSA) is 88.4 Å². The van der Waals surface area contributed by atoms with Crippen LogP contribution < -0.4 is 16.3 Å². The third kappa shape index (κ3) is 4.51. The lowest BCUT2D eigenvalue weighted by molar-refractivity contribution is -0.135. The van der Waals surface area contributed by atoms with Crippen molar-refractivity contribution in [2.45, 2.75) is 57.5 Å². The van der Waals surface area contributed by atoms with Crippen molar-refractivity contribution in [3.05, 3.63) is 34.2 Å². The van der Waals surface area contributed by atoms with E-state index < -0.39 is 6.04 Å². The van der Waals surface area contributed by atoms with Crippen LogP contribution in [0.5, 0.6) is 0 Å². The largest absolute Gasteiger partial charge is 0.329 e. The smallest absolute Gasteiger partial charge is 0.317 e. The summed E-state index contributed by atoms with van der Waals surface area (Å²) in [6.45, 7) is 5.33. The number of nitrogens with one attached hydrogen (secondary N) is 2. The lowest BCUT2D eigenvalue weighted by Gasteiger charge is -2.34. The molecule has 178 valence electrons. The van der Waals surface area contributed by atoms with Crippen molar-refractivity contribution in [3.8, 4) is 0 Å². The Hall–Kier alpha value is -2.45. The maximum atomic E-state index is 13.1. The Morgan fingerprint density at radius 3 is 2.42 bits per heavy atom. The number of benzene rings is 1. The number of aryl methyl sites for hydroxylation is 1. The van der Waals surface area contributed by atoms with Crippen molar-refractivity contribution in [2.24, 2.45) is 18.9 Å². The standard InChI is InChI=1S/C25H35N5O3/c1-28-23-19(16-29-13-9-18(10-14-29)15-17-7-11-26-12-8-17)3-2-4-20(23)30(25(28)33)21-5-6-22(31)27-24(21)32/h2-4,17-18,21,26H,5-16H2,1H3,(H,27,31,32). The first-order valence-corrected chi connectivity index (χ1v) is 12.5. The molecule has 4 heterocycles. The maximum absolute atomic E-state index is 13.1. The van der Waals surface area contributed by atoms with Gasteiger partial charge in [-0.2, -0.15) is 0 Å². The summed E-state index contributed by atoms with van der Waals surface area (Å²) in [5, 5.41) is 5.85. The fourth-order valence-corrected chi connectivity index (χ4v) is 6.09. The van der Waals surface area contributed by atoms with Crippen molar-refractivity contribution in [3.63, 3.8) is 0 Å². The summed E-state index contributed by atoms with van der Waals surface area (Å²) in [6, 6.07) is 5.34. The predicted octanol–water partition coefficient (Wildman–Crippen LogP) is 1.92. The van der Waals surface area contributed by atoms with Gasteiger partial charge in [-0.1, -0.05) is 12.1 Å². The number of rotatable bonds is 5. The predicted molar refractivity (Wildman–Crippen MR) is 127 cm³/mol. The Labute approximate surface area is 194 Å². The maximum Gasteiger partial charge on any atom is 0.329 e. The van der Waals surface area contributed by atoms with Crippen molar-refractivity contribution < 1.29 is 9.59 Å². The molecular formula is C25H35N5O3. The van der Waals surface area contributed by atoms with Crippen LogP contribution in [0.1, 0.15) is 56.6 Å². The lowest BCUT2D eigenvalue weighted by atomic mass is 9.83. The molecule has 3 fully saturated rings. The fourth-order valence-electron chi connectivity index (χ4n) is 6.09. The summed E-state index contributed by atoms with van der Waals surface area (Å²) >= 11 is 0. The van der Waals surface area contributed by atoms with Gasteiger partial charge in [0, 0.05) is 20.0 Å². The minimum absolute atomic E-state index is 0.201. The minimum Gasteiger partial charge on any atom is -0.317 e. The molecule has 0 saturated carbocycles. The second-order valence-corrected chi connectivity index (χ2v) is 10.1. The van der Waals surface area contributed by atoms with Crippen LogP contribution in [0.2, 0.25) is 0 Å². The molecule has 0 bridgehead atoms. The molecule has 3 aliphatic rings. The Morgan fingerprint density at radius 1 is 0.970 bits per heavy atom. The van der Waals surface area contributed by atoms with Gasteiger partial charge in [-0.3, -0.25) is 28.9 Å². The fraction of sp³-hybridized carbons (Fsp3) is 0.640. The van der Waals surface area contributed by atoms with Crippen LogP contribution in [0.4, 0.5) is 0 Å². The van der Waals surface area contributed by atoms with Gasteiger partial charge in [0.15, 0.2) is 0 Å². The van der Waals surface area contributed by atoms with Gasteiger partial charge in [0.25, 0.3) is 0 Å². The van der Waals surface area contributed by atoms with Crippen LogP contribution in [-0.2, 0) is 23.2 Å². The zero-order valence-electron chi connectivity index (χ0n) is 19.5. The Bertz CT molecular complexity index is 1090. The molecule has 33 heavy (non-hydrogen) atoms. The SMILES string of the molecule is Cn1c(=O)n(C2CCC(=O)NC2=O)c2cccc(CN3CCC(CC4CCNCC4)CC3)c21.